The number of fused-ring (bicyclic) bond motifs is 2. The summed E-state index contributed by atoms with van der Waals surface area (Å²) in [6, 6.07) is 12.9. The highest BCUT2D eigenvalue weighted by Gasteiger charge is 2.32. The lowest BCUT2D eigenvalue weighted by molar-refractivity contribution is -0.116. The third kappa shape index (κ3) is 3.69. The predicted molar refractivity (Wildman–Crippen MR) is 122 cm³/mol. The van der Waals surface area contributed by atoms with Gasteiger partial charge in [-0.05, 0) is 36.2 Å². The Hall–Kier alpha value is -3.44. The molecule has 0 fully saturated rings. The number of nitrogens with zero attached hydrogens (tertiary/aromatic N) is 4. The lowest BCUT2D eigenvalue weighted by atomic mass is 10.2. The molecular weight excluding hydrogens is 450 g/mol. The molecule has 5 rings (SSSR count). The molecule has 1 amide bonds. The van der Waals surface area contributed by atoms with Gasteiger partial charge in [0.05, 0.1) is 29.3 Å². The van der Waals surface area contributed by atoms with Crippen LogP contribution in [0.4, 0.5) is 10.8 Å². The van der Waals surface area contributed by atoms with Gasteiger partial charge in [-0.25, -0.2) is 9.97 Å². The number of carbonyl (C=O) groups is 1. The molecule has 11 heteroatoms. The molecular formula is C21H19N5O4S2. The van der Waals surface area contributed by atoms with Crippen molar-refractivity contribution >= 4 is 48.3 Å². The van der Waals surface area contributed by atoms with Gasteiger partial charge in [0.15, 0.2) is 10.2 Å². The van der Waals surface area contributed by atoms with E-state index in [2.05, 4.69) is 15.3 Å². The molecule has 32 heavy (non-hydrogen) atoms. The minimum absolute atomic E-state index is 0.0850. The molecule has 0 saturated heterocycles. The van der Waals surface area contributed by atoms with Gasteiger partial charge in [-0.15, -0.1) is 0 Å². The second-order valence-electron chi connectivity index (χ2n) is 7.24. The number of ether oxygens (including phenoxy) is 1. The molecule has 2 aromatic heterocycles. The highest BCUT2D eigenvalue weighted by molar-refractivity contribution is 7.92. The summed E-state index contributed by atoms with van der Waals surface area (Å²) in [4.78, 5) is 20.9. The molecule has 1 N–H and O–H groups in total. The largest absolute Gasteiger partial charge is 0.497 e. The third-order valence-electron chi connectivity index (χ3n) is 5.18. The third-order valence-corrected chi connectivity index (χ3v) is 7.81. The number of amides is 1. The first-order valence-electron chi connectivity index (χ1n) is 9.81. The van der Waals surface area contributed by atoms with Crippen LogP contribution in [0.25, 0.3) is 10.2 Å². The first-order valence-corrected chi connectivity index (χ1v) is 12.1. The molecule has 0 bridgehead atoms. The molecule has 0 aliphatic carbocycles. The minimum atomic E-state index is -3.80. The Labute approximate surface area is 188 Å². The molecule has 4 aromatic rings. The number of nitrogens with one attached hydrogen (secondary N) is 1. The molecule has 2 aromatic carbocycles. The van der Waals surface area contributed by atoms with E-state index in [-0.39, 0.29) is 17.5 Å². The van der Waals surface area contributed by atoms with Crippen molar-refractivity contribution < 1.29 is 17.9 Å². The Bertz CT molecular complexity index is 1430. The van der Waals surface area contributed by atoms with Crippen LogP contribution in [0.5, 0.6) is 5.75 Å². The van der Waals surface area contributed by atoms with Crippen LogP contribution in [0, 0.1) is 0 Å². The van der Waals surface area contributed by atoms with E-state index in [1.807, 2.05) is 30.3 Å². The summed E-state index contributed by atoms with van der Waals surface area (Å²) < 4.78 is 35.0. The summed E-state index contributed by atoms with van der Waals surface area (Å²) in [5, 5.41) is 3.12. The smallest absolute Gasteiger partial charge is 0.283 e. The highest BCUT2D eigenvalue weighted by atomic mass is 32.2. The number of hydrogen-bond acceptors (Lipinski definition) is 7. The fraction of sp³-hybridized carbons (Fsp3) is 0.190. The summed E-state index contributed by atoms with van der Waals surface area (Å²) >= 11 is 1.33. The van der Waals surface area contributed by atoms with Crippen LogP contribution in [0.3, 0.4) is 0 Å². The number of thiazole rings is 1. The number of hydrogen-bond donors (Lipinski definition) is 1. The number of sulfonamides is 1. The summed E-state index contributed by atoms with van der Waals surface area (Å²) in [7, 11) is -2.21. The maximum atomic E-state index is 13.1. The molecule has 0 unspecified atom stereocenters. The van der Waals surface area contributed by atoms with Crippen molar-refractivity contribution in [2.24, 2.45) is 0 Å². The lowest BCUT2D eigenvalue weighted by Crippen LogP contribution is -2.29. The molecule has 1 aliphatic heterocycles. The number of carbonyl (C=O) groups excluding carboxylic acids is 1. The van der Waals surface area contributed by atoms with Crippen molar-refractivity contribution in [3.63, 3.8) is 0 Å². The van der Waals surface area contributed by atoms with Gasteiger partial charge in [-0.1, -0.05) is 29.5 Å². The van der Waals surface area contributed by atoms with Crippen LogP contribution >= 0.6 is 11.3 Å². The molecule has 164 valence electrons. The van der Waals surface area contributed by atoms with Gasteiger partial charge in [-0.2, -0.15) is 8.42 Å². The Morgan fingerprint density at radius 3 is 2.94 bits per heavy atom. The van der Waals surface area contributed by atoms with Crippen molar-refractivity contribution in [3.8, 4) is 5.75 Å². The van der Waals surface area contributed by atoms with Gasteiger partial charge in [0.25, 0.3) is 10.0 Å². The van der Waals surface area contributed by atoms with Crippen LogP contribution in [0.1, 0.15) is 5.56 Å². The average molecular weight is 470 g/mol. The standard InChI is InChI=1S/C21H19N5O4S2/c1-30-15-6-7-16-18(10-15)31-21(23-16)24-19(27)11-25-12-20(22-13-25)32(28,29)26-9-8-14-4-2-3-5-17(14)26/h2-7,10,12-13H,8-9,11H2,1H3,(H,23,24,27). The van der Waals surface area contributed by atoms with Gasteiger partial charge in [0.1, 0.15) is 12.3 Å². The zero-order valence-corrected chi connectivity index (χ0v) is 18.7. The average Bonchev–Trinajstić information content (AvgIpc) is 3.51. The van der Waals surface area contributed by atoms with E-state index in [1.165, 1.54) is 32.7 Å². The molecule has 0 spiro atoms. The first kappa shape index (κ1) is 20.5. The van der Waals surface area contributed by atoms with E-state index >= 15 is 0 Å². The number of methoxy groups -OCH3 is 1. The van der Waals surface area contributed by atoms with Crippen LogP contribution in [-0.4, -0.2) is 42.5 Å². The van der Waals surface area contributed by atoms with Gasteiger partial charge < -0.3 is 14.6 Å². The van der Waals surface area contributed by atoms with E-state index in [9.17, 15) is 13.2 Å². The number of imidazole rings is 1. The summed E-state index contributed by atoms with van der Waals surface area (Å²) in [6.07, 6.45) is 3.38. The first-order chi connectivity index (χ1) is 15.4. The van der Waals surface area contributed by atoms with Crippen molar-refractivity contribution in [1.29, 1.82) is 0 Å². The summed E-state index contributed by atoms with van der Waals surface area (Å²) in [6.45, 7) is 0.287. The predicted octanol–water partition coefficient (Wildman–Crippen LogP) is 2.89. The Kier molecular flexibility index (Phi) is 5.06. The van der Waals surface area contributed by atoms with E-state index in [0.717, 1.165) is 15.8 Å². The molecule has 0 radical (unpaired) electrons. The van der Waals surface area contributed by atoms with Gasteiger partial charge >= 0.3 is 0 Å². The van der Waals surface area contributed by atoms with E-state index in [1.54, 1.807) is 19.2 Å². The Balaban J connectivity index is 1.29. The number of aromatic nitrogens is 3. The fourth-order valence-electron chi connectivity index (χ4n) is 3.64. The molecule has 3 heterocycles. The van der Waals surface area contributed by atoms with Gasteiger partial charge in [-0.3, -0.25) is 9.10 Å². The number of para-hydroxylation sites is 1. The number of rotatable bonds is 6. The molecule has 9 nitrogen and oxygen atoms in total. The van der Waals surface area contributed by atoms with Crippen molar-refractivity contribution in [3.05, 3.63) is 60.6 Å². The normalized spacial score (nSPS) is 13.3. The second kappa shape index (κ2) is 7.92. The van der Waals surface area contributed by atoms with Crippen molar-refractivity contribution in [2.75, 3.05) is 23.3 Å². The van der Waals surface area contributed by atoms with E-state index in [0.29, 0.717) is 29.5 Å². The zero-order valence-electron chi connectivity index (χ0n) is 17.1. The van der Waals surface area contributed by atoms with Crippen LogP contribution in [0.2, 0.25) is 0 Å². The van der Waals surface area contributed by atoms with E-state index < -0.39 is 10.0 Å². The van der Waals surface area contributed by atoms with Crippen molar-refractivity contribution in [2.45, 2.75) is 18.0 Å². The fourth-order valence-corrected chi connectivity index (χ4v) is 5.99. The quantitative estimate of drug-likeness (QED) is 0.465. The summed E-state index contributed by atoms with van der Waals surface area (Å²) in [5.41, 5.74) is 2.42. The number of anilines is 2. The molecule has 0 atom stereocenters. The Morgan fingerprint density at radius 2 is 2.09 bits per heavy atom. The van der Waals surface area contributed by atoms with Gasteiger partial charge in [0.2, 0.25) is 5.91 Å². The van der Waals surface area contributed by atoms with E-state index in [4.69, 9.17) is 4.74 Å². The zero-order chi connectivity index (χ0) is 22.3. The highest BCUT2D eigenvalue weighted by Crippen LogP contribution is 2.32. The SMILES string of the molecule is COc1ccc2nc(NC(=O)Cn3cnc(S(=O)(=O)N4CCc5ccccc54)c3)sc2c1. The van der Waals surface area contributed by atoms with Gasteiger partial charge in [0, 0.05) is 12.7 Å². The minimum Gasteiger partial charge on any atom is -0.497 e. The summed E-state index contributed by atoms with van der Waals surface area (Å²) in [5.74, 6) is 0.385. The maximum absolute atomic E-state index is 13.1. The molecule has 1 aliphatic rings. The number of benzene rings is 2. The lowest BCUT2D eigenvalue weighted by Gasteiger charge is -2.17. The maximum Gasteiger partial charge on any atom is 0.283 e. The molecule has 0 saturated carbocycles. The monoisotopic (exact) mass is 469 g/mol. The topological polar surface area (TPSA) is 106 Å². The van der Waals surface area contributed by atoms with Crippen LogP contribution in [0.15, 0.2) is 60.0 Å². The van der Waals surface area contributed by atoms with Crippen molar-refractivity contribution in [1.82, 2.24) is 14.5 Å². The second-order valence-corrected chi connectivity index (χ2v) is 10.1. The Morgan fingerprint density at radius 1 is 1.25 bits per heavy atom. The van der Waals surface area contributed by atoms with Crippen LogP contribution in [-0.2, 0) is 27.8 Å². The van der Waals surface area contributed by atoms with Crippen LogP contribution < -0.4 is 14.4 Å².